The maximum atomic E-state index is 12.6. The zero-order valence-corrected chi connectivity index (χ0v) is 17.0. The topological polar surface area (TPSA) is 80.1 Å². The summed E-state index contributed by atoms with van der Waals surface area (Å²) in [5.41, 5.74) is 2.07. The van der Waals surface area contributed by atoms with Gasteiger partial charge in [-0.25, -0.2) is 0 Å². The van der Waals surface area contributed by atoms with E-state index in [2.05, 4.69) is 21.5 Å². The highest BCUT2D eigenvalue weighted by atomic mass is 16.2. The Kier molecular flexibility index (Phi) is 6.37. The van der Waals surface area contributed by atoms with Crippen LogP contribution in [0.5, 0.6) is 0 Å². The first kappa shape index (κ1) is 20.1. The standard InChI is InChI=1S/C23H27N5O2/c29-22-10-9-19(17-27(22)15-11-20-7-3-4-12-24-20)23(30)25-13-5-14-28-21-8-2-1-6-18(21)16-26-28/h1-4,6-8,12,16,19H,5,9-11,13-15,17H2,(H,25,30). The molecule has 7 heteroatoms. The molecule has 1 saturated heterocycles. The van der Waals surface area contributed by atoms with Crippen LogP contribution in [0.1, 0.15) is 25.0 Å². The Balaban J connectivity index is 1.22. The number of benzene rings is 1. The molecule has 1 N–H and O–H groups in total. The molecule has 0 radical (unpaired) electrons. The van der Waals surface area contributed by atoms with Crippen molar-refractivity contribution in [2.24, 2.45) is 5.92 Å². The van der Waals surface area contributed by atoms with Crippen LogP contribution in [0.4, 0.5) is 0 Å². The minimum atomic E-state index is -0.142. The van der Waals surface area contributed by atoms with E-state index < -0.39 is 0 Å². The molecule has 0 spiro atoms. The zero-order chi connectivity index (χ0) is 20.8. The fourth-order valence-corrected chi connectivity index (χ4v) is 3.93. The SMILES string of the molecule is O=C(NCCCn1ncc2ccccc21)C1CCC(=O)N(CCc2ccccn2)C1. The number of aromatic nitrogens is 3. The molecule has 2 amide bonds. The lowest BCUT2D eigenvalue weighted by molar-refractivity contribution is -0.138. The molecule has 0 bridgehead atoms. The van der Waals surface area contributed by atoms with Gasteiger partial charge in [0.2, 0.25) is 11.8 Å². The maximum Gasteiger partial charge on any atom is 0.224 e. The third-order valence-corrected chi connectivity index (χ3v) is 5.63. The summed E-state index contributed by atoms with van der Waals surface area (Å²) >= 11 is 0. The number of rotatable bonds is 8. The minimum Gasteiger partial charge on any atom is -0.356 e. The predicted molar refractivity (Wildman–Crippen MR) is 115 cm³/mol. The average molecular weight is 406 g/mol. The van der Waals surface area contributed by atoms with E-state index in [1.54, 1.807) is 11.1 Å². The number of amides is 2. The van der Waals surface area contributed by atoms with Crippen molar-refractivity contribution >= 4 is 22.7 Å². The molecule has 7 nitrogen and oxygen atoms in total. The van der Waals surface area contributed by atoms with E-state index in [1.165, 1.54) is 0 Å². The van der Waals surface area contributed by atoms with Crippen LogP contribution in [0.3, 0.4) is 0 Å². The number of nitrogens with one attached hydrogen (secondary N) is 1. The highest BCUT2D eigenvalue weighted by Crippen LogP contribution is 2.18. The number of carbonyl (C=O) groups excluding carboxylic acids is 2. The molecule has 0 aliphatic carbocycles. The Labute approximate surface area is 176 Å². The van der Waals surface area contributed by atoms with Crippen LogP contribution in [0.2, 0.25) is 0 Å². The fourth-order valence-electron chi connectivity index (χ4n) is 3.93. The van der Waals surface area contributed by atoms with E-state index in [9.17, 15) is 9.59 Å². The van der Waals surface area contributed by atoms with Gasteiger partial charge < -0.3 is 10.2 Å². The summed E-state index contributed by atoms with van der Waals surface area (Å²) in [6, 6.07) is 13.9. The molecule has 1 aromatic carbocycles. The molecule has 3 aromatic rings. The van der Waals surface area contributed by atoms with Crippen LogP contribution in [0, 0.1) is 5.92 Å². The van der Waals surface area contributed by atoms with Gasteiger partial charge in [0.05, 0.1) is 17.6 Å². The molecule has 1 unspecified atom stereocenters. The number of pyridine rings is 1. The Bertz CT molecular complexity index is 1000. The van der Waals surface area contributed by atoms with Gasteiger partial charge in [-0.15, -0.1) is 0 Å². The molecule has 1 atom stereocenters. The molecule has 1 aliphatic heterocycles. The van der Waals surface area contributed by atoms with Gasteiger partial charge in [-0.1, -0.05) is 24.3 Å². The van der Waals surface area contributed by atoms with E-state index >= 15 is 0 Å². The van der Waals surface area contributed by atoms with Gasteiger partial charge in [0.15, 0.2) is 0 Å². The van der Waals surface area contributed by atoms with Crippen molar-refractivity contribution in [3.8, 4) is 0 Å². The molecule has 1 aliphatic rings. The normalized spacial score (nSPS) is 16.7. The summed E-state index contributed by atoms with van der Waals surface area (Å²) in [5.74, 6) is 0.0215. The molecular weight excluding hydrogens is 378 g/mol. The number of piperidine rings is 1. The maximum absolute atomic E-state index is 12.6. The van der Waals surface area contributed by atoms with Crippen molar-refractivity contribution < 1.29 is 9.59 Å². The van der Waals surface area contributed by atoms with E-state index in [1.807, 2.05) is 47.3 Å². The Morgan fingerprint density at radius 1 is 1.13 bits per heavy atom. The third kappa shape index (κ3) is 4.84. The number of carbonyl (C=O) groups is 2. The number of likely N-dealkylation sites (tertiary alicyclic amines) is 1. The number of para-hydroxylation sites is 1. The van der Waals surface area contributed by atoms with Crippen molar-refractivity contribution in [1.82, 2.24) is 25.0 Å². The highest BCUT2D eigenvalue weighted by Gasteiger charge is 2.29. The van der Waals surface area contributed by atoms with Crippen LogP contribution in [-0.2, 0) is 22.6 Å². The van der Waals surface area contributed by atoms with Gasteiger partial charge in [0, 0.05) is 56.3 Å². The van der Waals surface area contributed by atoms with E-state index in [0.717, 1.165) is 29.6 Å². The minimum absolute atomic E-state index is 0.0376. The predicted octanol–water partition coefficient (Wildman–Crippen LogP) is 2.42. The summed E-state index contributed by atoms with van der Waals surface area (Å²) in [4.78, 5) is 31.0. The summed E-state index contributed by atoms with van der Waals surface area (Å²) in [7, 11) is 0. The Morgan fingerprint density at radius 3 is 2.87 bits per heavy atom. The number of hydrogen-bond acceptors (Lipinski definition) is 4. The number of fused-ring (bicyclic) bond motifs is 1. The molecule has 30 heavy (non-hydrogen) atoms. The molecule has 1 fully saturated rings. The molecule has 4 rings (SSSR count). The van der Waals surface area contributed by atoms with Crippen LogP contribution in [0.15, 0.2) is 54.9 Å². The van der Waals surface area contributed by atoms with Gasteiger partial charge in [0.1, 0.15) is 0 Å². The molecular formula is C23H27N5O2. The first-order valence-electron chi connectivity index (χ1n) is 10.6. The van der Waals surface area contributed by atoms with Crippen molar-refractivity contribution in [2.75, 3.05) is 19.6 Å². The quantitative estimate of drug-likeness (QED) is 0.584. The van der Waals surface area contributed by atoms with Crippen molar-refractivity contribution in [3.63, 3.8) is 0 Å². The molecule has 156 valence electrons. The van der Waals surface area contributed by atoms with Crippen LogP contribution >= 0.6 is 0 Å². The lowest BCUT2D eigenvalue weighted by atomic mass is 9.96. The second kappa shape index (κ2) is 9.52. The van der Waals surface area contributed by atoms with E-state index in [4.69, 9.17) is 0 Å². The second-order valence-electron chi connectivity index (χ2n) is 7.72. The summed E-state index contributed by atoms with van der Waals surface area (Å²) in [5, 5.41) is 8.59. The van der Waals surface area contributed by atoms with Gasteiger partial charge in [-0.2, -0.15) is 5.10 Å². The van der Waals surface area contributed by atoms with E-state index in [0.29, 0.717) is 38.9 Å². The van der Waals surface area contributed by atoms with Crippen molar-refractivity contribution in [1.29, 1.82) is 0 Å². The Hall–Kier alpha value is -3.22. The molecule has 0 saturated carbocycles. The van der Waals surface area contributed by atoms with Crippen LogP contribution in [-0.4, -0.2) is 51.1 Å². The van der Waals surface area contributed by atoms with Gasteiger partial charge >= 0.3 is 0 Å². The summed E-state index contributed by atoms with van der Waals surface area (Å²) in [6.45, 7) is 2.45. The zero-order valence-electron chi connectivity index (χ0n) is 17.0. The monoisotopic (exact) mass is 405 g/mol. The lowest BCUT2D eigenvalue weighted by Crippen LogP contribution is -2.46. The van der Waals surface area contributed by atoms with E-state index in [-0.39, 0.29) is 17.7 Å². The average Bonchev–Trinajstić information content (AvgIpc) is 3.20. The Morgan fingerprint density at radius 2 is 2.00 bits per heavy atom. The molecule has 2 aromatic heterocycles. The van der Waals surface area contributed by atoms with Gasteiger partial charge in [-0.3, -0.25) is 19.3 Å². The van der Waals surface area contributed by atoms with Crippen molar-refractivity contribution in [2.45, 2.75) is 32.2 Å². The van der Waals surface area contributed by atoms with Gasteiger partial charge in [0.25, 0.3) is 0 Å². The summed E-state index contributed by atoms with van der Waals surface area (Å²) in [6.07, 6.45) is 6.20. The third-order valence-electron chi connectivity index (χ3n) is 5.63. The molecule has 3 heterocycles. The number of hydrogen-bond donors (Lipinski definition) is 1. The van der Waals surface area contributed by atoms with Crippen LogP contribution < -0.4 is 5.32 Å². The van der Waals surface area contributed by atoms with Crippen LogP contribution in [0.25, 0.3) is 10.9 Å². The smallest absolute Gasteiger partial charge is 0.224 e. The highest BCUT2D eigenvalue weighted by molar-refractivity contribution is 5.83. The fraction of sp³-hybridized carbons (Fsp3) is 0.391. The number of aryl methyl sites for hydroxylation is 1. The lowest BCUT2D eigenvalue weighted by Gasteiger charge is -2.32. The number of nitrogens with zero attached hydrogens (tertiary/aromatic N) is 4. The van der Waals surface area contributed by atoms with Gasteiger partial charge in [-0.05, 0) is 31.0 Å². The first-order valence-corrected chi connectivity index (χ1v) is 10.6. The first-order chi connectivity index (χ1) is 14.7. The summed E-state index contributed by atoms with van der Waals surface area (Å²) < 4.78 is 1.97. The largest absolute Gasteiger partial charge is 0.356 e. The second-order valence-corrected chi connectivity index (χ2v) is 7.72. The van der Waals surface area contributed by atoms with Crippen molar-refractivity contribution in [3.05, 3.63) is 60.6 Å².